The highest BCUT2D eigenvalue weighted by molar-refractivity contribution is 4.69. The fourth-order valence-corrected chi connectivity index (χ4v) is 2.92. The molecule has 2 nitrogen and oxygen atoms in total. The summed E-state index contributed by atoms with van der Waals surface area (Å²) in [7, 11) is 2.30. The summed E-state index contributed by atoms with van der Waals surface area (Å²) in [6.07, 6.45) is 10.0. The fraction of sp³-hybridized carbons (Fsp3) is 1.00. The molecule has 1 N–H and O–H groups in total. The Bertz CT molecular complexity index is 186. The Morgan fingerprint density at radius 1 is 1.11 bits per heavy atom. The summed E-state index contributed by atoms with van der Waals surface area (Å²) >= 11 is 0. The van der Waals surface area contributed by atoms with E-state index in [1.807, 2.05) is 0 Å². The highest BCUT2D eigenvalue weighted by atomic mass is 15.1. The Balaban J connectivity index is 1.91. The minimum absolute atomic E-state index is 0.777. The molecule has 0 bridgehead atoms. The van der Waals surface area contributed by atoms with E-state index in [2.05, 4.69) is 31.1 Å². The monoisotopic (exact) mass is 254 g/mol. The minimum Gasteiger partial charge on any atom is -0.316 e. The van der Waals surface area contributed by atoms with Crippen LogP contribution in [0, 0.1) is 11.8 Å². The third-order valence-electron chi connectivity index (χ3n) is 3.99. The molecule has 0 heterocycles. The molecule has 0 aromatic carbocycles. The fourth-order valence-electron chi connectivity index (χ4n) is 2.92. The van der Waals surface area contributed by atoms with Crippen LogP contribution in [0.4, 0.5) is 0 Å². The zero-order valence-corrected chi connectivity index (χ0v) is 12.9. The van der Waals surface area contributed by atoms with Gasteiger partial charge in [0.25, 0.3) is 0 Å². The molecule has 0 aromatic heterocycles. The van der Waals surface area contributed by atoms with E-state index in [1.165, 1.54) is 64.6 Å². The molecule has 0 unspecified atom stereocenters. The number of hydrogen-bond donors (Lipinski definition) is 1. The van der Waals surface area contributed by atoms with Crippen LogP contribution >= 0.6 is 0 Å². The van der Waals surface area contributed by atoms with Crippen molar-refractivity contribution >= 4 is 0 Å². The zero-order chi connectivity index (χ0) is 13.2. The highest BCUT2D eigenvalue weighted by Gasteiger charge is 2.14. The third kappa shape index (κ3) is 8.10. The van der Waals surface area contributed by atoms with Gasteiger partial charge in [-0.1, -0.05) is 33.1 Å². The van der Waals surface area contributed by atoms with Crippen molar-refractivity contribution < 1.29 is 0 Å². The van der Waals surface area contributed by atoms with Crippen LogP contribution in [-0.4, -0.2) is 38.1 Å². The average Bonchev–Trinajstić information content (AvgIpc) is 2.34. The molecule has 0 atom stereocenters. The van der Waals surface area contributed by atoms with Crippen LogP contribution in [0.15, 0.2) is 0 Å². The summed E-state index contributed by atoms with van der Waals surface area (Å²) in [4.78, 5) is 2.55. The van der Waals surface area contributed by atoms with Crippen molar-refractivity contribution in [2.45, 2.75) is 58.8 Å². The van der Waals surface area contributed by atoms with Crippen molar-refractivity contribution in [2.24, 2.45) is 11.8 Å². The second-order valence-electron chi connectivity index (χ2n) is 6.57. The van der Waals surface area contributed by atoms with E-state index < -0.39 is 0 Å². The second kappa shape index (κ2) is 9.80. The molecular formula is C16H34N2. The van der Waals surface area contributed by atoms with Crippen molar-refractivity contribution in [3.63, 3.8) is 0 Å². The Morgan fingerprint density at radius 3 is 2.50 bits per heavy atom. The summed E-state index contributed by atoms with van der Waals surface area (Å²) in [6.45, 7) is 9.50. The van der Waals surface area contributed by atoms with Gasteiger partial charge in [0.2, 0.25) is 0 Å². The maximum atomic E-state index is 3.52. The Labute approximate surface area is 115 Å². The molecule has 108 valence electrons. The van der Waals surface area contributed by atoms with Crippen LogP contribution in [0.1, 0.15) is 58.8 Å². The van der Waals surface area contributed by atoms with Gasteiger partial charge >= 0.3 is 0 Å². The minimum atomic E-state index is 0.777. The first-order valence-corrected chi connectivity index (χ1v) is 8.07. The first-order valence-electron chi connectivity index (χ1n) is 8.07. The van der Waals surface area contributed by atoms with Gasteiger partial charge in [0, 0.05) is 6.54 Å². The van der Waals surface area contributed by atoms with E-state index in [-0.39, 0.29) is 0 Å². The van der Waals surface area contributed by atoms with Gasteiger partial charge in [0.05, 0.1) is 0 Å². The van der Waals surface area contributed by atoms with E-state index in [9.17, 15) is 0 Å². The van der Waals surface area contributed by atoms with Crippen LogP contribution in [0.2, 0.25) is 0 Å². The van der Waals surface area contributed by atoms with Crippen LogP contribution in [0.5, 0.6) is 0 Å². The molecule has 1 fully saturated rings. The summed E-state index contributed by atoms with van der Waals surface area (Å²) in [5, 5.41) is 3.52. The SMILES string of the molecule is CC(C)CNCCCCN(C)CC1CCCCC1. The molecule has 1 aliphatic rings. The molecule has 0 aliphatic heterocycles. The molecule has 0 spiro atoms. The van der Waals surface area contributed by atoms with Crippen LogP contribution < -0.4 is 5.32 Å². The topological polar surface area (TPSA) is 15.3 Å². The summed E-state index contributed by atoms with van der Waals surface area (Å²) in [5.41, 5.74) is 0. The molecular weight excluding hydrogens is 220 g/mol. The van der Waals surface area contributed by atoms with E-state index in [4.69, 9.17) is 0 Å². The number of nitrogens with one attached hydrogen (secondary N) is 1. The smallest absolute Gasteiger partial charge is 0.000661 e. The van der Waals surface area contributed by atoms with Gasteiger partial charge in [0.15, 0.2) is 0 Å². The summed E-state index contributed by atoms with van der Waals surface area (Å²) in [6, 6.07) is 0. The molecule has 0 aromatic rings. The molecule has 0 radical (unpaired) electrons. The number of hydrogen-bond acceptors (Lipinski definition) is 2. The Morgan fingerprint density at radius 2 is 1.83 bits per heavy atom. The molecule has 18 heavy (non-hydrogen) atoms. The molecule has 1 rings (SSSR count). The van der Waals surface area contributed by atoms with Crippen molar-refractivity contribution in [3.8, 4) is 0 Å². The van der Waals surface area contributed by atoms with Gasteiger partial charge in [-0.25, -0.2) is 0 Å². The van der Waals surface area contributed by atoms with Crippen molar-refractivity contribution in [2.75, 3.05) is 33.2 Å². The van der Waals surface area contributed by atoms with E-state index >= 15 is 0 Å². The van der Waals surface area contributed by atoms with Gasteiger partial charge in [-0.3, -0.25) is 0 Å². The first kappa shape index (κ1) is 16.0. The van der Waals surface area contributed by atoms with Gasteiger partial charge in [-0.05, 0) is 64.2 Å². The van der Waals surface area contributed by atoms with Crippen LogP contribution in [0.3, 0.4) is 0 Å². The van der Waals surface area contributed by atoms with E-state index in [0.717, 1.165) is 18.4 Å². The largest absolute Gasteiger partial charge is 0.316 e. The predicted octanol–water partition coefficient (Wildman–Crippen LogP) is 3.52. The van der Waals surface area contributed by atoms with E-state index in [0.29, 0.717) is 0 Å². The second-order valence-corrected chi connectivity index (χ2v) is 6.57. The number of rotatable bonds is 9. The maximum Gasteiger partial charge on any atom is 0.000661 e. The normalized spacial score (nSPS) is 17.8. The lowest BCUT2D eigenvalue weighted by atomic mass is 9.89. The average molecular weight is 254 g/mol. The Kier molecular flexibility index (Phi) is 8.70. The standard InChI is InChI=1S/C16H34N2/c1-15(2)13-17-11-7-8-12-18(3)14-16-9-5-4-6-10-16/h15-17H,4-14H2,1-3H3. The summed E-state index contributed by atoms with van der Waals surface area (Å²) < 4.78 is 0. The quantitative estimate of drug-likeness (QED) is 0.633. The predicted molar refractivity (Wildman–Crippen MR) is 81.0 cm³/mol. The maximum absolute atomic E-state index is 3.52. The lowest BCUT2D eigenvalue weighted by Crippen LogP contribution is -2.28. The molecule has 1 aliphatic carbocycles. The van der Waals surface area contributed by atoms with Crippen molar-refractivity contribution in [3.05, 3.63) is 0 Å². The van der Waals surface area contributed by atoms with Gasteiger partial charge in [0.1, 0.15) is 0 Å². The third-order valence-corrected chi connectivity index (χ3v) is 3.99. The Hall–Kier alpha value is -0.0800. The van der Waals surface area contributed by atoms with E-state index in [1.54, 1.807) is 0 Å². The zero-order valence-electron chi connectivity index (χ0n) is 12.9. The lowest BCUT2D eigenvalue weighted by molar-refractivity contribution is 0.230. The van der Waals surface area contributed by atoms with Gasteiger partial charge < -0.3 is 10.2 Å². The van der Waals surface area contributed by atoms with Crippen LogP contribution in [-0.2, 0) is 0 Å². The van der Waals surface area contributed by atoms with Crippen molar-refractivity contribution in [1.82, 2.24) is 10.2 Å². The first-order chi connectivity index (χ1) is 8.68. The molecule has 0 saturated heterocycles. The number of unbranched alkanes of at least 4 members (excludes halogenated alkanes) is 1. The molecule has 2 heteroatoms. The van der Waals surface area contributed by atoms with Gasteiger partial charge in [-0.15, -0.1) is 0 Å². The molecule has 0 amide bonds. The van der Waals surface area contributed by atoms with Crippen LogP contribution in [0.25, 0.3) is 0 Å². The van der Waals surface area contributed by atoms with Crippen molar-refractivity contribution in [1.29, 1.82) is 0 Å². The highest BCUT2D eigenvalue weighted by Crippen LogP contribution is 2.24. The van der Waals surface area contributed by atoms with Gasteiger partial charge in [-0.2, -0.15) is 0 Å². The number of nitrogens with zero attached hydrogens (tertiary/aromatic N) is 1. The lowest BCUT2D eigenvalue weighted by Gasteiger charge is -2.27. The molecule has 1 saturated carbocycles. The summed E-state index contributed by atoms with van der Waals surface area (Å²) in [5.74, 6) is 1.77.